The molecule has 0 aromatic heterocycles. The Hall–Kier alpha value is -1.65. The molecule has 0 bridgehead atoms. The minimum Gasteiger partial charge on any atom is -0.0798 e. The van der Waals surface area contributed by atoms with Gasteiger partial charge in [0.25, 0.3) is 0 Å². The molecular formula is C20H21P. The fraction of sp³-hybridized carbons (Fsp3) is 0.200. The van der Waals surface area contributed by atoms with E-state index in [9.17, 15) is 0 Å². The number of allylic oxidation sites excluding steroid dienone is 4. The summed E-state index contributed by atoms with van der Waals surface area (Å²) in [5.74, 6) is 0.618. The Morgan fingerprint density at radius 2 is 1.33 bits per heavy atom. The van der Waals surface area contributed by atoms with Gasteiger partial charge in [0.15, 0.2) is 0 Å². The van der Waals surface area contributed by atoms with Crippen molar-refractivity contribution in [2.75, 3.05) is 0 Å². The second kappa shape index (κ2) is 6.41. The van der Waals surface area contributed by atoms with Crippen LogP contribution in [0.1, 0.15) is 20.3 Å². The second-order valence-electron chi connectivity index (χ2n) is 5.68. The molecule has 3 rings (SSSR count). The summed E-state index contributed by atoms with van der Waals surface area (Å²) < 4.78 is 0. The van der Waals surface area contributed by atoms with Crippen molar-refractivity contribution < 1.29 is 0 Å². The SMILES string of the molecule is CC(C)C1=C(P(c2ccccc2)c2ccccc2)C=CC1. The molecule has 0 atom stereocenters. The molecular weight excluding hydrogens is 271 g/mol. The summed E-state index contributed by atoms with van der Waals surface area (Å²) in [5, 5.41) is 4.44. The first-order valence-electron chi connectivity index (χ1n) is 7.57. The molecule has 0 saturated carbocycles. The minimum atomic E-state index is -0.431. The fourth-order valence-corrected chi connectivity index (χ4v) is 5.53. The van der Waals surface area contributed by atoms with Crippen LogP contribution in [0.3, 0.4) is 0 Å². The summed E-state index contributed by atoms with van der Waals surface area (Å²) in [6.07, 6.45) is 5.80. The normalized spacial score (nSPS) is 14.5. The van der Waals surface area contributed by atoms with Crippen molar-refractivity contribution >= 4 is 18.5 Å². The number of hydrogen-bond acceptors (Lipinski definition) is 0. The van der Waals surface area contributed by atoms with E-state index in [1.165, 1.54) is 10.6 Å². The molecule has 0 saturated heterocycles. The topological polar surface area (TPSA) is 0 Å². The fourth-order valence-electron chi connectivity index (χ4n) is 2.84. The summed E-state index contributed by atoms with van der Waals surface area (Å²) in [4.78, 5) is 0. The molecule has 0 heterocycles. The standard InChI is InChI=1S/C20H21P/c1-16(2)19-14-9-15-20(19)21(17-10-5-3-6-11-17)18-12-7-4-8-13-18/h3-13,15-16H,14H2,1-2H3. The van der Waals surface area contributed by atoms with E-state index in [0.29, 0.717) is 5.92 Å². The Kier molecular flexibility index (Phi) is 4.36. The van der Waals surface area contributed by atoms with Gasteiger partial charge < -0.3 is 0 Å². The van der Waals surface area contributed by atoms with Crippen LogP contribution >= 0.6 is 7.92 Å². The van der Waals surface area contributed by atoms with E-state index >= 15 is 0 Å². The molecule has 21 heavy (non-hydrogen) atoms. The van der Waals surface area contributed by atoms with Crippen LogP contribution in [0.2, 0.25) is 0 Å². The summed E-state index contributed by atoms with van der Waals surface area (Å²) in [5.41, 5.74) is 1.61. The van der Waals surface area contributed by atoms with E-state index in [4.69, 9.17) is 0 Å². The van der Waals surface area contributed by atoms with Crippen LogP contribution in [0.5, 0.6) is 0 Å². The zero-order valence-corrected chi connectivity index (χ0v) is 13.6. The molecule has 2 aromatic carbocycles. The zero-order valence-electron chi connectivity index (χ0n) is 12.7. The van der Waals surface area contributed by atoms with Crippen molar-refractivity contribution in [3.63, 3.8) is 0 Å². The van der Waals surface area contributed by atoms with Crippen LogP contribution in [0.25, 0.3) is 0 Å². The highest BCUT2D eigenvalue weighted by Gasteiger charge is 2.23. The largest absolute Gasteiger partial charge is 0.0798 e. The average Bonchev–Trinajstić information content (AvgIpc) is 2.99. The molecule has 106 valence electrons. The van der Waals surface area contributed by atoms with Crippen molar-refractivity contribution in [2.45, 2.75) is 20.3 Å². The Bertz CT molecular complexity index is 611. The van der Waals surface area contributed by atoms with Crippen LogP contribution in [-0.2, 0) is 0 Å². The smallest absolute Gasteiger partial charge is 0.0123 e. The predicted octanol–water partition coefficient (Wildman–Crippen LogP) is 4.99. The molecule has 0 N–H and O–H groups in total. The predicted molar refractivity (Wildman–Crippen MR) is 94.7 cm³/mol. The Balaban J connectivity index is 2.14. The number of rotatable bonds is 4. The summed E-state index contributed by atoms with van der Waals surface area (Å²) >= 11 is 0. The summed E-state index contributed by atoms with van der Waals surface area (Å²) in [7, 11) is -0.431. The van der Waals surface area contributed by atoms with Gasteiger partial charge in [-0.1, -0.05) is 92.2 Å². The second-order valence-corrected chi connectivity index (χ2v) is 7.86. The van der Waals surface area contributed by atoms with Gasteiger partial charge in [-0.05, 0) is 36.2 Å². The molecule has 1 aliphatic carbocycles. The lowest BCUT2D eigenvalue weighted by Gasteiger charge is -2.22. The van der Waals surface area contributed by atoms with E-state index in [1.54, 1.807) is 10.9 Å². The maximum absolute atomic E-state index is 2.36. The first-order valence-corrected chi connectivity index (χ1v) is 8.91. The molecule has 0 nitrogen and oxygen atoms in total. The molecule has 1 aliphatic rings. The van der Waals surface area contributed by atoms with Crippen LogP contribution in [-0.4, -0.2) is 0 Å². The number of hydrogen-bond donors (Lipinski definition) is 0. The molecule has 0 aliphatic heterocycles. The minimum absolute atomic E-state index is 0.431. The van der Waals surface area contributed by atoms with Gasteiger partial charge in [0, 0.05) is 0 Å². The molecule has 0 unspecified atom stereocenters. The highest BCUT2D eigenvalue weighted by Crippen LogP contribution is 2.49. The maximum Gasteiger partial charge on any atom is -0.0123 e. The quantitative estimate of drug-likeness (QED) is 0.696. The van der Waals surface area contributed by atoms with E-state index in [0.717, 1.165) is 6.42 Å². The Labute approximate surface area is 129 Å². The van der Waals surface area contributed by atoms with Gasteiger partial charge >= 0.3 is 0 Å². The van der Waals surface area contributed by atoms with E-state index in [-0.39, 0.29) is 0 Å². The van der Waals surface area contributed by atoms with Gasteiger partial charge in [-0.2, -0.15) is 0 Å². The van der Waals surface area contributed by atoms with Gasteiger partial charge in [-0.3, -0.25) is 0 Å². The van der Waals surface area contributed by atoms with Gasteiger partial charge in [0.05, 0.1) is 0 Å². The first-order chi connectivity index (χ1) is 10.3. The van der Waals surface area contributed by atoms with Crippen molar-refractivity contribution in [2.24, 2.45) is 5.92 Å². The molecule has 0 spiro atoms. The molecule has 0 fully saturated rings. The van der Waals surface area contributed by atoms with Gasteiger partial charge in [0.1, 0.15) is 0 Å². The van der Waals surface area contributed by atoms with Gasteiger partial charge in [0.2, 0.25) is 0 Å². The number of benzene rings is 2. The zero-order chi connectivity index (χ0) is 14.7. The summed E-state index contributed by atoms with van der Waals surface area (Å²) in [6.45, 7) is 4.62. The van der Waals surface area contributed by atoms with Crippen molar-refractivity contribution in [1.82, 2.24) is 0 Å². The third-order valence-electron chi connectivity index (χ3n) is 3.91. The van der Waals surface area contributed by atoms with E-state index < -0.39 is 7.92 Å². The highest BCUT2D eigenvalue weighted by atomic mass is 31.1. The first kappa shape index (κ1) is 14.3. The van der Waals surface area contributed by atoms with Crippen LogP contribution in [0, 0.1) is 5.92 Å². The highest BCUT2D eigenvalue weighted by molar-refractivity contribution is 7.77. The van der Waals surface area contributed by atoms with Crippen LogP contribution < -0.4 is 10.6 Å². The maximum atomic E-state index is 2.36. The summed E-state index contributed by atoms with van der Waals surface area (Å²) in [6, 6.07) is 21.9. The molecule has 0 radical (unpaired) electrons. The van der Waals surface area contributed by atoms with Gasteiger partial charge in [-0.15, -0.1) is 0 Å². The Morgan fingerprint density at radius 3 is 1.81 bits per heavy atom. The third kappa shape index (κ3) is 3.01. The molecule has 1 heteroatoms. The third-order valence-corrected chi connectivity index (χ3v) is 6.46. The van der Waals surface area contributed by atoms with Crippen LogP contribution in [0.15, 0.2) is 83.7 Å². The lowest BCUT2D eigenvalue weighted by Crippen LogP contribution is -2.13. The van der Waals surface area contributed by atoms with Crippen molar-refractivity contribution in [3.05, 3.63) is 83.7 Å². The van der Waals surface area contributed by atoms with E-state index in [2.05, 4.69) is 86.7 Å². The molecule has 0 amide bonds. The Morgan fingerprint density at radius 1 is 0.810 bits per heavy atom. The van der Waals surface area contributed by atoms with Crippen molar-refractivity contribution in [3.8, 4) is 0 Å². The van der Waals surface area contributed by atoms with Crippen molar-refractivity contribution in [1.29, 1.82) is 0 Å². The average molecular weight is 292 g/mol. The lowest BCUT2D eigenvalue weighted by atomic mass is 10.0. The van der Waals surface area contributed by atoms with Crippen LogP contribution in [0.4, 0.5) is 0 Å². The monoisotopic (exact) mass is 292 g/mol. The van der Waals surface area contributed by atoms with E-state index in [1.807, 2.05) is 0 Å². The lowest BCUT2D eigenvalue weighted by molar-refractivity contribution is 0.751. The van der Waals surface area contributed by atoms with Gasteiger partial charge in [-0.25, -0.2) is 0 Å². The molecule has 2 aromatic rings.